The Labute approximate surface area is 134 Å². The van der Waals surface area contributed by atoms with Crippen LogP contribution in [0.4, 0.5) is 5.69 Å². The van der Waals surface area contributed by atoms with Gasteiger partial charge in [-0.1, -0.05) is 22.0 Å². The summed E-state index contributed by atoms with van der Waals surface area (Å²) >= 11 is 5.04. The van der Waals surface area contributed by atoms with E-state index in [1.54, 1.807) is 17.4 Å². The first-order chi connectivity index (χ1) is 10.3. The number of hydrogen-bond acceptors (Lipinski definition) is 4. The van der Waals surface area contributed by atoms with Gasteiger partial charge in [0.05, 0.1) is 28.0 Å². The fourth-order valence-electron chi connectivity index (χ4n) is 2.03. The normalized spacial score (nSPS) is 10.3. The van der Waals surface area contributed by atoms with Crippen LogP contribution in [-0.2, 0) is 6.54 Å². The minimum Gasteiger partial charge on any atom is -0.380 e. The Kier molecular flexibility index (Phi) is 4.04. The molecule has 0 spiro atoms. The van der Waals surface area contributed by atoms with Crippen molar-refractivity contribution in [3.8, 4) is 16.6 Å². The van der Waals surface area contributed by atoms with Crippen LogP contribution < -0.4 is 5.32 Å². The van der Waals surface area contributed by atoms with E-state index in [1.807, 2.05) is 29.8 Å². The number of nitriles is 1. The molecule has 2 heterocycles. The first-order valence-electron chi connectivity index (χ1n) is 6.27. The molecule has 0 atom stereocenters. The molecule has 2 N–H and O–H groups in total. The number of thiophene rings is 1. The zero-order chi connectivity index (χ0) is 14.7. The number of benzene rings is 1. The SMILES string of the molecule is N#Cc1cc(Br)ccc1NCc1cn[nH]c1-c1cccs1. The van der Waals surface area contributed by atoms with Crippen LogP contribution in [0.2, 0.25) is 0 Å². The summed E-state index contributed by atoms with van der Waals surface area (Å²) < 4.78 is 0.896. The van der Waals surface area contributed by atoms with E-state index in [0.717, 1.165) is 26.3 Å². The molecule has 0 saturated heterocycles. The average Bonchev–Trinajstić information content (AvgIpc) is 3.16. The molecule has 0 aliphatic rings. The van der Waals surface area contributed by atoms with Crippen molar-refractivity contribution < 1.29 is 0 Å². The third kappa shape index (κ3) is 2.99. The molecule has 0 radical (unpaired) electrons. The van der Waals surface area contributed by atoms with Gasteiger partial charge in [-0.3, -0.25) is 5.10 Å². The highest BCUT2D eigenvalue weighted by molar-refractivity contribution is 9.10. The smallest absolute Gasteiger partial charge is 0.101 e. The maximum absolute atomic E-state index is 9.18. The Hall–Kier alpha value is -2.10. The standard InChI is InChI=1S/C15H11BrN4S/c16-12-3-4-13(10(6-12)7-17)18-8-11-9-19-20-15(11)14-2-1-5-21-14/h1-6,9,18H,8H2,(H,19,20). The Morgan fingerprint density at radius 2 is 2.29 bits per heavy atom. The van der Waals surface area contributed by atoms with Crippen molar-refractivity contribution in [2.45, 2.75) is 6.54 Å². The van der Waals surface area contributed by atoms with Gasteiger partial charge in [0, 0.05) is 16.6 Å². The maximum atomic E-state index is 9.18. The molecule has 2 aromatic heterocycles. The van der Waals surface area contributed by atoms with Crippen molar-refractivity contribution in [1.29, 1.82) is 5.26 Å². The Balaban J connectivity index is 1.81. The number of nitrogens with one attached hydrogen (secondary N) is 2. The predicted molar refractivity (Wildman–Crippen MR) is 88.1 cm³/mol. The summed E-state index contributed by atoms with van der Waals surface area (Å²) in [6.45, 7) is 0.611. The minimum absolute atomic E-state index is 0.611. The van der Waals surface area contributed by atoms with Crippen LogP contribution in [-0.4, -0.2) is 10.2 Å². The molecule has 0 unspecified atom stereocenters. The molecule has 0 amide bonds. The van der Waals surface area contributed by atoms with Gasteiger partial charge in [0.1, 0.15) is 6.07 Å². The summed E-state index contributed by atoms with van der Waals surface area (Å²) in [6.07, 6.45) is 1.81. The molecule has 0 aliphatic carbocycles. The van der Waals surface area contributed by atoms with Gasteiger partial charge in [-0.25, -0.2) is 0 Å². The van der Waals surface area contributed by atoms with Crippen LogP contribution in [0.1, 0.15) is 11.1 Å². The summed E-state index contributed by atoms with van der Waals surface area (Å²) in [7, 11) is 0. The molecular weight excluding hydrogens is 348 g/mol. The average molecular weight is 359 g/mol. The molecule has 0 bridgehead atoms. The monoisotopic (exact) mass is 358 g/mol. The van der Waals surface area contributed by atoms with Gasteiger partial charge >= 0.3 is 0 Å². The second-order valence-electron chi connectivity index (χ2n) is 4.40. The summed E-state index contributed by atoms with van der Waals surface area (Å²) in [5, 5.41) is 21.7. The fourth-order valence-corrected chi connectivity index (χ4v) is 3.15. The highest BCUT2D eigenvalue weighted by Gasteiger charge is 2.09. The van der Waals surface area contributed by atoms with Gasteiger partial charge in [-0.15, -0.1) is 11.3 Å². The van der Waals surface area contributed by atoms with E-state index in [9.17, 15) is 5.26 Å². The van der Waals surface area contributed by atoms with E-state index >= 15 is 0 Å². The Bertz CT molecular complexity index is 786. The van der Waals surface area contributed by atoms with Crippen molar-refractivity contribution >= 4 is 33.0 Å². The second-order valence-corrected chi connectivity index (χ2v) is 6.27. The van der Waals surface area contributed by atoms with E-state index in [1.165, 1.54) is 0 Å². The number of rotatable bonds is 4. The van der Waals surface area contributed by atoms with Gasteiger partial charge in [0.2, 0.25) is 0 Å². The van der Waals surface area contributed by atoms with Gasteiger partial charge in [-0.05, 0) is 29.6 Å². The molecule has 6 heteroatoms. The van der Waals surface area contributed by atoms with Crippen LogP contribution >= 0.6 is 27.3 Å². The topological polar surface area (TPSA) is 64.5 Å². The summed E-state index contributed by atoms with van der Waals surface area (Å²) in [5.74, 6) is 0. The van der Waals surface area contributed by atoms with E-state index in [4.69, 9.17) is 0 Å². The lowest BCUT2D eigenvalue weighted by Crippen LogP contribution is -2.01. The molecule has 3 aromatic rings. The van der Waals surface area contributed by atoms with Crippen LogP contribution in [0.25, 0.3) is 10.6 Å². The number of aromatic amines is 1. The summed E-state index contributed by atoms with van der Waals surface area (Å²) in [5.41, 5.74) is 3.53. The predicted octanol–water partition coefficient (Wildman–Crippen LogP) is 4.38. The van der Waals surface area contributed by atoms with Crippen molar-refractivity contribution in [1.82, 2.24) is 10.2 Å². The van der Waals surface area contributed by atoms with E-state index in [0.29, 0.717) is 12.1 Å². The lowest BCUT2D eigenvalue weighted by atomic mass is 10.1. The minimum atomic E-state index is 0.611. The first kappa shape index (κ1) is 13.9. The van der Waals surface area contributed by atoms with Crippen LogP contribution in [0, 0.1) is 11.3 Å². The van der Waals surface area contributed by atoms with Gasteiger partial charge in [0.25, 0.3) is 0 Å². The van der Waals surface area contributed by atoms with Gasteiger partial charge in [-0.2, -0.15) is 10.4 Å². The lowest BCUT2D eigenvalue weighted by Gasteiger charge is -2.08. The van der Waals surface area contributed by atoms with Gasteiger partial charge in [0.15, 0.2) is 0 Å². The molecule has 4 nitrogen and oxygen atoms in total. The van der Waals surface area contributed by atoms with Crippen molar-refractivity contribution in [3.63, 3.8) is 0 Å². The Morgan fingerprint density at radius 3 is 3.05 bits per heavy atom. The van der Waals surface area contributed by atoms with E-state index < -0.39 is 0 Å². The number of aromatic nitrogens is 2. The highest BCUT2D eigenvalue weighted by atomic mass is 79.9. The molecule has 1 aromatic carbocycles. The number of anilines is 1. The van der Waals surface area contributed by atoms with E-state index in [2.05, 4.69) is 43.6 Å². The quantitative estimate of drug-likeness (QED) is 0.726. The highest BCUT2D eigenvalue weighted by Crippen LogP contribution is 2.27. The summed E-state index contributed by atoms with van der Waals surface area (Å²) in [4.78, 5) is 1.15. The fraction of sp³-hybridized carbons (Fsp3) is 0.0667. The molecule has 3 rings (SSSR count). The van der Waals surface area contributed by atoms with Crippen LogP contribution in [0.15, 0.2) is 46.4 Å². The molecule has 0 aliphatic heterocycles. The molecule has 21 heavy (non-hydrogen) atoms. The van der Waals surface area contributed by atoms with Crippen molar-refractivity contribution in [2.75, 3.05) is 5.32 Å². The van der Waals surface area contributed by atoms with Crippen molar-refractivity contribution in [3.05, 3.63) is 57.5 Å². The third-order valence-corrected chi connectivity index (χ3v) is 4.44. The Morgan fingerprint density at radius 1 is 1.38 bits per heavy atom. The third-order valence-electron chi connectivity index (χ3n) is 3.06. The zero-order valence-corrected chi connectivity index (χ0v) is 13.3. The summed E-state index contributed by atoms with van der Waals surface area (Å²) in [6, 6.07) is 11.9. The second kappa shape index (κ2) is 6.12. The number of halogens is 1. The zero-order valence-electron chi connectivity index (χ0n) is 10.9. The number of nitrogens with zero attached hydrogens (tertiary/aromatic N) is 2. The molecular formula is C15H11BrN4S. The number of hydrogen-bond donors (Lipinski definition) is 2. The van der Waals surface area contributed by atoms with Crippen molar-refractivity contribution in [2.24, 2.45) is 0 Å². The maximum Gasteiger partial charge on any atom is 0.101 e. The van der Waals surface area contributed by atoms with E-state index in [-0.39, 0.29) is 0 Å². The largest absolute Gasteiger partial charge is 0.380 e. The van der Waals surface area contributed by atoms with Crippen LogP contribution in [0.3, 0.4) is 0 Å². The molecule has 0 fully saturated rings. The number of H-pyrrole nitrogens is 1. The van der Waals surface area contributed by atoms with Crippen LogP contribution in [0.5, 0.6) is 0 Å². The first-order valence-corrected chi connectivity index (χ1v) is 7.95. The van der Waals surface area contributed by atoms with Gasteiger partial charge < -0.3 is 5.32 Å². The lowest BCUT2D eigenvalue weighted by molar-refractivity contribution is 1.10. The molecule has 0 saturated carbocycles. The molecule has 104 valence electrons.